The number of hydrogen-bond acceptors (Lipinski definition) is 3. The molecule has 2 saturated carbocycles. The number of rotatable bonds is 4. The summed E-state index contributed by atoms with van der Waals surface area (Å²) in [6.45, 7) is 8.07. The lowest BCUT2D eigenvalue weighted by Crippen LogP contribution is -2.46. The van der Waals surface area contributed by atoms with E-state index in [9.17, 15) is 0 Å². The molecule has 0 amide bonds. The highest BCUT2D eigenvalue weighted by atomic mass is 15.2. The minimum atomic E-state index is 0.520. The maximum absolute atomic E-state index is 6.48. The first-order valence-corrected chi connectivity index (χ1v) is 9.50. The van der Waals surface area contributed by atoms with Gasteiger partial charge in [0.15, 0.2) is 0 Å². The molecular weight excluding hydrogens is 258 g/mol. The van der Waals surface area contributed by atoms with E-state index in [2.05, 4.69) is 9.80 Å². The molecule has 2 aliphatic carbocycles. The molecule has 2 heterocycles. The van der Waals surface area contributed by atoms with Crippen LogP contribution in [0.5, 0.6) is 0 Å². The summed E-state index contributed by atoms with van der Waals surface area (Å²) in [6.07, 6.45) is 10.0. The summed E-state index contributed by atoms with van der Waals surface area (Å²) in [4.78, 5) is 5.44. The topological polar surface area (TPSA) is 32.5 Å². The largest absolute Gasteiger partial charge is 0.327 e. The predicted octanol–water partition coefficient (Wildman–Crippen LogP) is 2.17. The summed E-state index contributed by atoms with van der Waals surface area (Å²) in [7, 11) is 0. The van der Waals surface area contributed by atoms with Crippen molar-refractivity contribution in [1.29, 1.82) is 0 Å². The van der Waals surface area contributed by atoms with Gasteiger partial charge in [-0.1, -0.05) is 0 Å². The zero-order valence-electron chi connectivity index (χ0n) is 13.6. The Labute approximate surface area is 130 Å². The second kappa shape index (κ2) is 6.17. The normalized spacial score (nSPS) is 42.1. The number of fused-ring (bicyclic) bond motifs is 2. The van der Waals surface area contributed by atoms with Gasteiger partial charge in [0.1, 0.15) is 0 Å². The number of piperidine rings is 1. The van der Waals surface area contributed by atoms with Gasteiger partial charge in [0, 0.05) is 19.1 Å². The standard InChI is InChI=1S/C18H33N3/c19-18-16-4-3-15(11-16)17(18)13-21-9-5-14(6-10-21)12-20-7-1-2-8-20/h14-18H,1-13,19H2. The quantitative estimate of drug-likeness (QED) is 0.861. The molecule has 3 nitrogen and oxygen atoms in total. The molecule has 4 fully saturated rings. The Bertz CT molecular complexity index is 342. The highest BCUT2D eigenvalue weighted by Gasteiger charge is 2.46. The van der Waals surface area contributed by atoms with Crippen molar-refractivity contribution in [3.05, 3.63) is 0 Å². The van der Waals surface area contributed by atoms with E-state index >= 15 is 0 Å². The molecule has 0 radical (unpaired) electrons. The lowest BCUT2D eigenvalue weighted by Gasteiger charge is -2.38. The maximum Gasteiger partial charge on any atom is 0.0111 e. The molecule has 21 heavy (non-hydrogen) atoms. The highest BCUT2D eigenvalue weighted by molar-refractivity contribution is 5.00. The average Bonchev–Trinajstić information content (AvgIpc) is 3.21. The minimum absolute atomic E-state index is 0.520. The molecule has 2 saturated heterocycles. The molecule has 2 bridgehead atoms. The monoisotopic (exact) mass is 291 g/mol. The third-order valence-corrected chi connectivity index (χ3v) is 7.05. The van der Waals surface area contributed by atoms with Gasteiger partial charge in [-0.2, -0.15) is 0 Å². The number of nitrogens with two attached hydrogens (primary N) is 1. The van der Waals surface area contributed by atoms with Gasteiger partial charge < -0.3 is 15.5 Å². The smallest absolute Gasteiger partial charge is 0.0111 e. The van der Waals surface area contributed by atoms with Crippen LogP contribution in [0.1, 0.15) is 44.9 Å². The third-order valence-electron chi connectivity index (χ3n) is 7.05. The molecule has 0 aromatic heterocycles. The second-order valence-corrected chi connectivity index (χ2v) is 8.33. The Kier molecular flexibility index (Phi) is 4.25. The molecule has 4 aliphatic rings. The van der Waals surface area contributed by atoms with Crippen LogP contribution in [0.2, 0.25) is 0 Å². The highest BCUT2D eigenvalue weighted by Crippen LogP contribution is 2.47. The van der Waals surface area contributed by atoms with E-state index in [4.69, 9.17) is 5.73 Å². The predicted molar refractivity (Wildman–Crippen MR) is 87.1 cm³/mol. The molecule has 2 N–H and O–H groups in total. The molecule has 2 aliphatic heterocycles. The first-order chi connectivity index (χ1) is 10.3. The van der Waals surface area contributed by atoms with Gasteiger partial charge in [-0.05, 0) is 94.8 Å². The Balaban J connectivity index is 1.22. The molecule has 0 aromatic carbocycles. The van der Waals surface area contributed by atoms with Crippen LogP contribution in [0.4, 0.5) is 0 Å². The summed E-state index contributed by atoms with van der Waals surface area (Å²) >= 11 is 0. The van der Waals surface area contributed by atoms with Crippen molar-refractivity contribution in [2.24, 2.45) is 29.4 Å². The zero-order valence-corrected chi connectivity index (χ0v) is 13.6. The molecule has 3 heteroatoms. The van der Waals surface area contributed by atoms with Crippen molar-refractivity contribution < 1.29 is 0 Å². The summed E-state index contributed by atoms with van der Waals surface area (Å²) in [5, 5.41) is 0. The molecule has 120 valence electrons. The van der Waals surface area contributed by atoms with Crippen LogP contribution < -0.4 is 5.73 Å². The van der Waals surface area contributed by atoms with E-state index in [1.54, 1.807) is 0 Å². The van der Waals surface area contributed by atoms with Gasteiger partial charge in [0.25, 0.3) is 0 Å². The molecule has 4 rings (SSSR count). The lowest BCUT2D eigenvalue weighted by molar-refractivity contribution is 0.117. The van der Waals surface area contributed by atoms with E-state index < -0.39 is 0 Å². The van der Waals surface area contributed by atoms with Crippen molar-refractivity contribution in [3.63, 3.8) is 0 Å². The Morgan fingerprint density at radius 3 is 2.10 bits per heavy atom. The molecule has 4 unspecified atom stereocenters. The molecule has 4 atom stereocenters. The average molecular weight is 291 g/mol. The van der Waals surface area contributed by atoms with Crippen LogP contribution in [0.15, 0.2) is 0 Å². The van der Waals surface area contributed by atoms with Crippen LogP contribution in [0.25, 0.3) is 0 Å². The van der Waals surface area contributed by atoms with Gasteiger partial charge in [0.05, 0.1) is 0 Å². The van der Waals surface area contributed by atoms with Crippen LogP contribution in [-0.4, -0.2) is 55.1 Å². The van der Waals surface area contributed by atoms with Crippen LogP contribution in [0, 0.1) is 23.7 Å². The van der Waals surface area contributed by atoms with E-state index in [0.29, 0.717) is 6.04 Å². The van der Waals surface area contributed by atoms with E-state index in [0.717, 1.165) is 23.7 Å². The summed E-state index contributed by atoms with van der Waals surface area (Å²) in [5.74, 6) is 3.62. The summed E-state index contributed by atoms with van der Waals surface area (Å²) in [5.41, 5.74) is 6.48. The van der Waals surface area contributed by atoms with Crippen LogP contribution >= 0.6 is 0 Å². The van der Waals surface area contributed by atoms with Gasteiger partial charge in [-0.25, -0.2) is 0 Å². The van der Waals surface area contributed by atoms with Gasteiger partial charge in [-0.15, -0.1) is 0 Å². The summed E-state index contributed by atoms with van der Waals surface area (Å²) in [6, 6.07) is 0.520. The fourth-order valence-corrected chi connectivity index (χ4v) is 5.71. The summed E-state index contributed by atoms with van der Waals surface area (Å²) < 4.78 is 0. The number of nitrogens with zero attached hydrogens (tertiary/aromatic N) is 2. The molecule has 0 aromatic rings. The SMILES string of the molecule is NC1C2CCC(C2)C1CN1CCC(CN2CCCC2)CC1. The second-order valence-electron chi connectivity index (χ2n) is 8.33. The van der Waals surface area contributed by atoms with Crippen molar-refractivity contribution in [2.45, 2.75) is 51.0 Å². The van der Waals surface area contributed by atoms with Crippen LogP contribution in [0.3, 0.4) is 0 Å². The Hall–Kier alpha value is -0.120. The van der Waals surface area contributed by atoms with E-state index in [-0.39, 0.29) is 0 Å². The molecular formula is C18H33N3. The first kappa shape index (κ1) is 14.5. The first-order valence-electron chi connectivity index (χ1n) is 9.50. The van der Waals surface area contributed by atoms with Crippen LogP contribution in [-0.2, 0) is 0 Å². The lowest BCUT2D eigenvalue weighted by atomic mass is 9.84. The number of likely N-dealkylation sites (tertiary alicyclic amines) is 2. The fraction of sp³-hybridized carbons (Fsp3) is 1.00. The number of hydrogen-bond donors (Lipinski definition) is 1. The molecule has 0 spiro atoms. The van der Waals surface area contributed by atoms with E-state index in [1.807, 2.05) is 0 Å². The van der Waals surface area contributed by atoms with Crippen molar-refractivity contribution in [3.8, 4) is 0 Å². The fourth-order valence-electron chi connectivity index (χ4n) is 5.71. The Morgan fingerprint density at radius 1 is 0.762 bits per heavy atom. The van der Waals surface area contributed by atoms with Crippen molar-refractivity contribution in [1.82, 2.24) is 9.80 Å². The van der Waals surface area contributed by atoms with E-state index in [1.165, 1.54) is 84.2 Å². The maximum atomic E-state index is 6.48. The van der Waals surface area contributed by atoms with Gasteiger partial charge in [-0.3, -0.25) is 0 Å². The third kappa shape index (κ3) is 3.02. The minimum Gasteiger partial charge on any atom is -0.327 e. The van der Waals surface area contributed by atoms with Crippen molar-refractivity contribution >= 4 is 0 Å². The van der Waals surface area contributed by atoms with Crippen molar-refractivity contribution in [2.75, 3.05) is 39.3 Å². The Morgan fingerprint density at radius 2 is 1.43 bits per heavy atom. The van der Waals surface area contributed by atoms with Gasteiger partial charge in [0.2, 0.25) is 0 Å². The van der Waals surface area contributed by atoms with Gasteiger partial charge >= 0.3 is 0 Å². The zero-order chi connectivity index (χ0) is 14.2.